The van der Waals surface area contributed by atoms with Crippen molar-refractivity contribution in [1.29, 1.82) is 0 Å². The van der Waals surface area contributed by atoms with Crippen molar-refractivity contribution in [2.24, 2.45) is 0 Å². The van der Waals surface area contributed by atoms with Gasteiger partial charge in [0.1, 0.15) is 0 Å². The second-order valence-electron chi connectivity index (χ2n) is 6.35. The first-order chi connectivity index (χ1) is 11.1. The smallest absolute Gasteiger partial charge is 0.224 e. The average Bonchev–Trinajstić information content (AvgIpc) is 2.55. The molecule has 1 saturated heterocycles. The molecule has 1 aliphatic rings. The van der Waals surface area contributed by atoms with Crippen LogP contribution >= 0.6 is 11.6 Å². The maximum absolute atomic E-state index is 12.7. The van der Waals surface area contributed by atoms with E-state index in [-0.39, 0.29) is 12.5 Å². The van der Waals surface area contributed by atoms with E-state index in [2.05, 4.69) is 11.9 Å². The van der Waals surface area contributed by atoms with Gasteiger partial charge in [0.2, 0.25) is 5.91 Å². The van der Waals surface area contributed by atoms with Gasteiger partial charge in [-0.1, -0.05) is 30.2 Å². The lowest BCUT2D eigenvalue weighted by molar-refractivity contribution is -0.133. The van der Waals surface area contributed by atoms with Gasteiger partial charge in [-0.15, -0.1) is 0 Å². The van der Waals surface area contributed by atoms with Crippen molar-refractivity contribution in [3.05, 3.63) is 34.9 Å². The summed E-state index contributed by atoms with van der Waals surface area (Å²) in [4.78, 5) is 16.9. The van der Waals surface area contributed by atoms with Gasteiger partial charge in [0, 0.05) is 37.2 Å². The SMILES string of the molecule is CN1CCCC[C@@H]1CC(=O)N(CCCO)Cc1ccc(Cl)cc1. The van der Waals surface area contributed by atoms with Gasteiger partial charge in [0.15, 0.2) is 0 Å². The highest BCUT2D eigenvalue weighted by Crippen LogP contribution is 2.20. The van der Waals surface area contributed by atoms with E-state index in [9.17, 15) is 4.79 Å². The van der Waals surface area contributed by atoms with Gasteiger partial charge in [0.25, 0.3) is 0 Å². The number of carbonyl (C=O) groups is 1. The summed E-state index contributed by atoms with van der Waals surface area (Å²) < 4.78 is 0. The van der Waals surface area contributed by atoms with E-state index < -0.39 is 0 Å². The molecule has 0 aromatic heterocycles. The lowest BCUT2D eigenvalue weighted by atomic mass is 9.99. The Morgan fingerprint density at radius 1 is 1.35 bits per heavy atom. The molecule has 0 spiro atoms. The number of aliphatic hydroxyl groups excluding tert-OH is 1. The van der Waals surface area contributed by atoms with Crippen LogP contribution in [0.4, 0.5) is 0 Å². The topological polar surface area (TPSA) is 43.8 Å². The minimum absolute atomic E-state index is 0.105. The molecule has 2 rings (SSSR count). The zero-order valence-corrected chi connectivity index (χ0v) is 14.6. The van der Waals surface area contributed by atoms with Crippen molar-refractivity contribution in [3.63, 3.8) is 0 Å². The van der Waals surface area contributed by atoms with Crippen molar-refractivity contribution < 1.29 is 9.90 Å². The molecule has 1 aliphatic heterocycles. The predicted molar refractivity (Wildman–Crippen MR) is 93.5 cm³/mol. The van der Waals surface area contributed by atoms with Crippen LogP contribution in [0.5, 0.6) is 0 Å². The first-order valence-electron chi connectivity index (χ1n) is 8.43. The number of nitrogens with zero attached hydrogens (tertiary/aromatic N) is 2. The van der Waals surface area contributed by atoms with Crippen LogP contribution in [0, 0.1) is 0 Å². The fraction of sp³-hybridized carbons (Fsp3) is 0.611. The van der Waals surface area contributed by atoms with Gasteiger partial charge in [-0.05, 0) is 50.6 Å². The summed E-state index contributed by atoms with van der Waals surface area (Å²) in [5.41, 5.74) is 1.07. The molecule has 1 aromatic carbocycles. The number of aliphatic hydroxyl groups is 1. The number of rotatable bonds is 7. The zero-order chi connectivity index (χ0) is 16.7. The number of benzene rings is 1. The van der Waals surface area contributed by atoms with E-state index in [0.717, 1.165) is 18.5 Å². The van der Waals surface area contributed by atoms with Crippen molar-refractivity contribution >= 4 is 17.5 Å². The third kappa shape index (κ3) is 5.79. The molecule has 5 heteroatoms. The molecule has 23 heavy (non-hydrogen) atoms. The van der Waals surface area contributed by atoms with E-state index in [1.807, 2.05) is 29.2 Å². The van der Waals surface area contributed by atoms with Crippen molar-refractivity contribution in [3.8, 4) is 0 Å². The van der Waals surface area contributed by atoms with Gasteiger partial charge >= 0.3 is 0 Å². The highest BCUT2D eigenvalue weighted by Gasteiger charge is 2.24. The number of likely N-dealkylation sites (tertiary alicyclic amines) is 1. The van der Waals surface area contributed by atoms with Gasteiger partial charge in [-0.2, -0.15) is 0 Å². The fourth-order valence-electron chi connectivity index (χ4n) is 3.10. The molecule has 0 bridgehead atoms. The highest BCUT2D eigenvalue weighted by atomic mass is 35.5. The first-order valence-corrected chi connectivity index (χ1v) is 8.81. The summed E-state index contributed by atoms with van der Waals surface area (Å²) in [6.07, 6.45) is 4.70. The minimum Gasteiger partial charge on any atom is -0.396 e. The summed E-state index contributed by atoms with van der Waals surface area (Å²) in [7, 11) is 2.11. The summed E-state index contributed by atoms with van der Waals surface area (Å²) >= 11 is 5.92. The Bertz CT molecular complexity index is 492. The van der Waals surface area contributed by atoms with E-state index in [4.69, 9.17) is 16.7 Å². The van der Waals surface area contributed by atoms with Crippen LogP contribution in [-0.4, -0.2) is 53.6 Å². The Morgan fingerprint density at radius 3 is 2.74 bits per heavy atom. The van der Waals surface area contributed by atoms with Crippen molar-refractivity contribution in [1.82, 2.24) is 9.80 Å². The second-order valence-corrected chi connectivity index (χ2v) is 6.79. The van der Waals surface area contributed by atoms with E-state index in [1.165, 1.54) is 12.8 Å². The largest absolute Gasteiger partial charge is 0.396 e. The summed E-state index contributed by atoms with van der Waals surface area (Å²) in [5, 5.41) is 9.80. The van der Waals surface area contributed by atoms with E-state index in [0.29, 0.717) is 37.0 Å². The standard InChI is InChI=1S/C18H27ClN2O2/c1-20-10-3-2-5-17(20)13-18(23)21(11-4-12-22)14-15-6-8-16(19)9-7-15/h6-9,17,22H,2-5,10-14H2,1H3/t17-/m1/s1. The Kier molecular flexibility index (Phi) is 7.34. The Morgan fingerprint density at radius 2 is 2.09 bits per heavy atom. The number of hydrogen-bond donors (Lipinski definition) is 1. The molecular weight excluding hydrogens is 312 g/mol. The third-order valence-electron chi connectivity index (χ3n) is 4.56. The number of piperidine rings is 1. The molecule has 1 aromatic rings. The third-order valence-corrected chi connectivity index (χ3v) is 4.81. The minimum atomic E-state index is 0.105. The molecule has 0 saturated carbocycles. The summed E-state index contributed by atoms with van der Waals surface area (Å²) in [6, 6.07) is 7.95. The first kappa shape index (κ1) is 18.2. The molecule has 0 unspecified atom stereocenters. The van der Waals surface area contributed by atoms with Gasteiger partial charge in [-0.3, -0.25) is 4.79 Å². The normalized spacial score (nSPS) is 18.8. The Hall–Kier alpha value is -1.10. The maximum Gasteiger partial charge on any atom is 0.224 e. The van der Waals surface area contributed by atoms with Crippen LogP contribution in [0.1, 0.15) is 37.7 Å². The quantitative estimate of drug-likeness (QED) is 0.831. The second kappa shape index (κ2) is 9.26. The molecule has 0 aliphatic carbocycles. The molecule has 1 amide bonds. The van der Waals surface area contributed by atoms with E-state index >= 15 is 0 Å². The van der Waals surface area contributed by atoms with Crippen LogP contribution < -0.4 is 0 Å². The molecule has 1 heterocycles. The molecule has 1 atom stereocenters. The molecule has 0 radical (unpaired) electrons. The molecule has 4 nitrogen and oxygen atoms in total. The number of hydrogen-bond acceptors (Lipinski definition) is 3. The predicted octanol–water partition coefficient (Wildman–Crippen LogP) is 2.93. The lowest BCUT2D eigenvalue weighted by Crippen LogP contribution is -2.41. The average molecular weight is 339 g/mol. The highest BCUT2D eigenvalue weighted by molar-refractivity contribution is 6.30. The molecule has 128 valence electrons. The van der Waals surface area contributed by atoms with Gasteiger partial charge in [-0.25, -0.2) is 0 Å². The van der Waals surface area contributed by atoms with Crippen LogP contribution in [-0.2, 0) is 11.3 Å². The molecular formula is C18H27ClN2O2. The Labute approximate surface area is 144 Å². The zero-order valence-electron chi connectivity index (χ0n) is 13.9. The van der Waals surface area contributed by atoms with Gasteiger partial charge < -0.3 is 14.9 Å². The van der Waals surface area contributed by atoms with Crippen LogP contribution in [0.2, 0.25) is 5.02 Å². The molecule has 1 fully saturated rings. The van der Waals surface area contributed by atoms with Gasteiger partial charge in [0.05, 0.1) is 0 Å². The van der Waals surface area contributed by atoms with Crippen LogP contribution in [0.15, 0.2) is 24.3 Å². The fourth-order valence-corrected chi connectivity index (χ4v) is 3.22. The van der Waals surface area contributed by atoms with Crippen LogP contribution in [0.25, 0.3) is 0 Å². The lowest BCUT2D eigenvalue weighted by Gasteiger charge is -2.33. The molecule has 1 N–H and O–H groups in total. The number of carbonyl (C=O) groups excluding carboxylic acids is 1. The summed E-state index contributed by atoms with van der Waals surface area (Å²) in [6.45, 7) is 2.35. The van der Waals surface area contributed by atoms with E-state index in [1.54, 1.807) is 0 Å². The number of halogens is 1. The van der Waals surface area contributed by atoms with Crippen molar-refractivity contribution in [2.75, 3.05) is 26.7 Å². The Balaban J connectivity index is 1.98. The number of amides is 1. The monoisotopic (exact) mass is 338 g/mol. The van der Waals surface area contributed by atoms with Crippen molar-refractivity contribution in [2.45, 2.75) is 44.7 Å². The maximum atomic E-state index is 12.7. The van der Waals surface area contributed by atoms with Crippen LogP contribution in [0.3, 0.4) is 0 Å². The summed E-state index contributed by atoms with van der Waals surface area (Å²) in [5.74, 6) is 0.173.